The second-order valence-electron chi connectivity index (χ2n) is 24.1. The summed E-state index contributed by atoms with van der Waals surface area (Å²) in [7, 11) is -0.441. The first-order valence-corrected chi connectivity index (χ1v) is 31.9. The van der Waals surface area contributed by atoms with Crippen LogP contribution in [0.2, 0.25) is 15.9 Å². The molecule has 94 heavy (non-hydrogen) atoms. The number of nitrogens with zero attached hydrogens (tertiary/aromatic N) is 6. The topological polar surface area (TPSA) is 122 Å². The first-order chi connectivity index (χ1) is 45.7. The van der Waals surface area contributed by atoms with E-state index in [0.29, 0.717) is 17.5 Å². The Balaban J connectivity index is 0.000000125. The standard InChI is InChI=1S/C37H22ClN3O.C30H27BO3.C13H7Cl2N3/c38-37-40-35(29-18-17-24-9-4-5-10-27(24)21-29)39-36(41-37)30-11-6-12-33-34(30)31-22-28(19-20-32(31)42-33)26-15-13-25(14-16-26)23-7-2-1-3-8-23;1-29(2)30(3,4)34-31(33-29)25-11-8-12-27-28(25)24-19-23(17-18-26(24)32-27)22-15-13-21(14-16-22)20-9-6-5-7-10-20;14-12-16-11(17-13(15)18-12)10-6-5-8-3-1-2-4-9(8)7-10/h1-22H;5-19H,1-4H3;1-7H. The molecule has 0 N–H and O–H groups in total. The van der Waals surface area contributed by atoms with E-state index in [0.717, 1.165) is 104 Å². The Morgan fingerprint density at radius 1 is 0.287 bits per heavy atom. The Kier molecular flexibility index (Phi) is 15.9. The molecule has 16 aromatic rings. The summed E-state index contributed by atoms with van der Waals surface area (Å²) < 4.78 is 25.3. The lowest BCUT2D eigenvalue weighted by Crippen LogP contribution is -2.41. The van der Waals surface area contributed by atoms with Gasteiger partial charge in [0.1, 0.15) is 22.3 Å². The maximum absolute atomic E-state index is 6.49. The average Bonchev–Trinajstić information content (AvgIpc) is 1.61. The van der Waals surface area contributed by atoms with Gasteiger partial charge in [0.15, 0.2) is 17.5 Å². The van der Waals surface area contributed by atoms with E-state index >= 15 is 0 Å². The van der Waals surface area contributed by atoms with Gasteiger partial charge in [-0.3, -0.25) is 0 Å². The molecule has 1 aliphatic heterocycles. The molecule has 0 amide bonds. The summed E-state index contributed by atoms with van der Waals surface area (Å²) >= 11 is 18.0. The van der Waals surface area contributed by atoms with E-state index in [4.69, 9.17) is 57.9 Å². The summed E-state index contributed by atoms with van der Waals surface area (Å²) in [5.41, 5.74) is 15.4. The number of hydrogen-bond donors (Lipinski definition) is 0. The van der Waals surface area contributed by atoms with Gasteiger partial charge in [-0.2, -0.15) is 24.9 Å². The minimum atomic E-state index is -0.441. The normalized spacial score (nSPS) is 13.3. The smallest absolute Gasteiger partial charge is 0.456 e. The Hall–Kier alpha value is -10.4. The molecule has 5 heterocycles. The number of benzene rings is 12. The van der Waals surface area contributed by atoms with Crippen molar-refractivity contribution >= 4 is 113 Å². The fourth-order valence-corrected chi connectivity index (χ4v) is 12.6. The van der Waals surface area contributed by atoms with Gasteiger partial charge in [0.05, 0.1) is 11.2 Å². The molecule has 1 aliphatic rings. The molecular weight excluding hydrogens is 1230 g/mol. The van der Waals surface area contributed by atoms with Gasteiger partial charge in [-0.05, 0) is 183 Å². The van der Waals surface area contributed by atoms with Gasteiger partial charge >= 0.3 is 7.12 Å². The van der Waals surface area contributed by atoms with E-state index in [1.165, 1.54) is 27.8 Å². The first kappa shape index (κ1) is 59.9. The molecule has 0 radical (unpaired) electrons. The summed E-state index contributed by atoms with van der Waals surface area (Å²) in [5, 5.41) is 8.94. The maximum Gasteiger partial charge on any atom is 0.495 e. The summed E-state index contributed by atoms with van der Waals surface area (Å²) in [6.07, 6.45) is 0. The second-order valence-corrected chi connectivity index (χ2v) is 25.1. The van der Waals surface area contributed by atoms with Crippen LogP contribution in [0.5, 0.6) is 0 Å². The van der Waals surface area contributed by atoms with Gasteiger partial charge < -0.3 is 18.1 Å². The molecule has 0 saturated carbocycles. The van der Waals surface area contributed by atoms with Crippen molar-refractivity contribution < 1.29 is 18.1 Å². The van der Waals surface area contributed by atoms with Crippen LogP contribution in [-0.4, -0.2) is 48.2 Å². The Bertz CT molecular complexity index is 5480. The molecule has 4 aromatic heterocycles. The zero-order chi connectivity index (χ0) is 64.1. The molecule has 10 nitrogen and oxygen atoms in total. The highest BCUT2D eigenvalue weighted by molar-refractivity contribution is 6.66. The van der Waals surface area contributed by atoms with Crippen LogP contribution in [0.4, 0.5) is 0 Å². The van der Waals surface area contributed by atoms with Gasteiger partial charge in [0.2, 0.25) is 15.9 Å². The van der Waals surface area contributed by atoms with E-state index < -0.39 is 18.3 Å². The zero-order valence-corrected chi connectivity index (χ0v) is 53.7. The van der Waals surface area contributed by atoms with Gasteiger partial charge in [-0.15, -0.1) is 0 Å². The summed E-state index contributed by atoms with van der Waals surface area (Å²) in [5.74, 6) is 1.51. The monoisotopic (exact) mass is 1280 g/mol. The van der Waals surface area contributed by atoms with Crippen molar-refractivity contribution in [2.45, 2.75) is 38.9 Å². The number of hydrogen-bond acceptors (Lipinski definition) is 10. The number of rotatable bonds is 8. The van der Waals surface area contributed by atoms with Crippen LogP contribution in [0, 0.1) is 0 Å². The Labute approximate surface area is 557 Å². The highest BCUT2D eigenvalue weighted by Gasteiger charge is 2.52. The van der Waals surface area contributed by atoms with E-state index in [-0.39, 0.29) is 15.9 Å². The number of furan rings is 2. The highest BCUT2D eigenvalue weighted by Crippen LogP contribution is 2.41. The van der Waals surface area contributed by atoms with E-state index in [1.54, 1.807) is 0 Å². The second kappa shape index (κ2) is 24.9. The van der Waals surface area contributed by atoms with Crippen molar-refractivity contribution in [2.24, 2.45) is 0 Å². The molecule has 1 fully saturated rings. The maximum atomic E-state index is 6.49. The molecule has 454 valence electrons. The molecule has 0 unspecified atom stereocenters. The third kappa shape index (κ3) is 12.0. The summed E-state index contributed by atoms with van der Waals surface area (Å²) in [6.45, 7) is 8.32. The van der Waals surface area contributed by atoms with E-state index in [9.17, 15) is 0 Å². The number of aromatic nitrogens is 6. The fourth-order valence-electron chi connectivity index (χ4n) is 12.1. The van der Waals surface area contributed by atoms with Crippen molar-refractivity contribution in [2.75, 3.05) is 0 Å². The molecule has 0 atom stereocenters. The van der Waals surface area contributed by atoms with Gasteiger partial charge in [-0.1, -0.05) is 218 Å². The van der Waals surface area contributed by atoms with Crippen LogP contribution in [0.25, 0.3) is 144 Å². The lowest BCUT2D eigenvalue weighted by atomic mass is 9.76. The van der Waals surface area contributed by atoms with Gasteiger partial charge in [-0.25, -0.2) is 4.98 Å². The molecule has 0 aliphatic carbocycles. The predicted octanol–water partition coefficient (Wildman–Crippen LogP) is 21.5. The van der Waals surface area contributed by atoms with Crippen LogP contribution in [0.3, 0.4) is 0 Å². The molecule has 0 bridgehead atoms. The number of halogens is 3. The minimum Gasteiger partial charge on any atom is -0.456 e. The first-order valence-electron chi connectivity index (χ1n) is 30.8. The van der Waals surface area contributed by atoms with Crippen molar-refractivity contribution in [1.82, 2.24) is 29.9 Å². The highest BCUT2D eigenvalue weighted by atomic mass is 35.5. The quantitative estimate of drug-likeness (QED) is 0.136. The Morgan fingerprint density at radius 2 is 0.660 bits per heavy atom. The lowest BCUT2D eigenvalue weighted by molar-refractivity contribution is 0.00578. The predicted molar refractivity (Wildman–Crippen MR) is 384 cm³/mol. The van der Waals surface area contributed by atoms with Crippen LogP contribution in [0.15, 0.2) is 276 Å². The summed E-state index contributed by atoms with van der Waals surface area (Å²) in [6, 6.07) is 91.3. The molecule has 0 spiro atoms. The zero-order valence-electron chi connectivity index (χ0n) is 51.4. The van der Waals surface area contributed by atoms with Crippen molar-refractivity contribution in [3.05, 3.63) is 283 Å². The lowest BCUT2D eigenvalue weighted by Gasteiger charge is -2.32. The average molecular weight is 1280 g/mol. The fraction of sp³-hybridized carbons (Fsp3) is 0.0750. The van der Waals surface area contributed by atoms with Crippen LogP contribution in [-0.2, 0) is 9.31 Å². The Morgan fingerprint density at radius 3 is 1.16 bits per heavy atom. The van der Waals surface area contributed by atoms with Crippen LogP contribution >= 0.6 is 34.8 Å². The number of fused-ring (bicyclic) bond motifs is 8. The molecule has 14 heteroatoms. The third-order valence-corrected chi connectivity index (χ3v) is 18.1. The van der Waals surface area contributed by atoms with Crippen molar-refractivity contribution in [3.8, 4) is 78.7 Å². The third-order valence-electron chi connectivity index (χ3n) is 17.6. The SMILES string of the molecule is CC1(C)OB(c2cccc3oc4ccc(-c5ccc(-c6ccccc6)cc5)cc4c23)OC1(C)C.Clc1nc(-c2ccc3ccccc3c2)nc(-c2cccc3oc4ccc(-c5ccc(-c6ccccc6)cc5)cc4c23)n1.Clc1nc(Cl)nc(-c2ccc3ccccc3c2)n1. The van der Waals surface area contributed by atoms with Gasteiger partial charge in [0, 0.05) is 38.2 Å². The van der Waals surface area contributed by atoms with Gasteiger partial charge in [0.25, 0.3) is 0 Å². The molecule has 12 aromatic carbocycles. The van der Waals surface area contributed by atoms with E-state index in [1.807, 2.05) is 109 Å². The molecule has 17 rings (SSSR count). The van der Waals surface area contributed by atoms with Crippen molar-refractivity contribution in [3.63, 3.8) is 0 Å². The molecule has 1 saturated heterocycles. The van der Waals surface area contributed by atoms with Crippen LogP contribution in [0.1, 0.15) is 27.7 Å². The summed E-state index contributed by atoms with van der Waals surface area (Å²) in [4.78, 5) is 25.8. The van der Waals surface area contributed by atoms with E-state index in [2.05, 4.69) is 210 Å². The van der Waals surface area contributed by atoms with Crippen LogP contribution < -0.4 is 5.46 Å². The van der Waals surface area contributed by atoms with Crippen molar-refractivity contribution in [1.29, 1.82) is 0 Å². The minimum absolute atomic E-state index is 0.0955. The largest absolute Gasteiger partial charge is 0.495 e. The molecular formula is C80H56BCl3N6O4.